The van der Waals surface area contributed by atoms with E-state index in [9.17, 15) is 0 Å². The van der Waals surface area contributed by atoms with Crippen LogP contribution in [-0.4, -0.2) is 0 Å². The van der Waals surface area contributed by atoms with Crippen LogP contribution in [0.15, 0.2) is 0 Å². The van der Waals surface area contributed by atoms with Gasteiger partial charge < -0.3 is 68.5 Å². The summed E-state index contributed by atoms with van der Waals surface area (Å²) in [6.45, 7) is 0. The molecule has 0 rings (SSSR count). The molecule has 0 aromatic rings. The van der Waals surface area contributed by atoms with E-state index in [0.29, 0.717) is 0 Å². The normalized spacial score (nSPS) is 0. The maximum absolute atomic E-state index is 0. The van der Waals surface area contributed by atoms with Crippen molar-refractivity contribution in [1.29, 1.82) is 0 Å². The van der Waals surface area contributed by atoms with Gasteiger partial charge in [-0.1, -0.05) is 0 Å². The topological polar surface area (TPSA) is 0 Å². The molecule has 0 unspecified atom stereocenters. The van der Waals surface area contributed by atoms with Crippen molar-refractivity contribution in [3.63, 3.8) is 0 Å². The van der Waals surface area contributed by atoms with Crippen LogP contribution >= 0.6 is 0 Å². The van der Waals surface area contributed by atoms with Gasteiger partial charge in [-0.3, -0.25) is 0 Å². The molecule has 0 atom stereocenters. The molecular weight excluding hydrogens is 1100 g/mol. The van der Waals surface area contributed by atoms with Crippen molar-refractivity contribution in [2.24, 2.45) is 0 Å². The summed E-state index contributed by atoms with van der Waals surface area (Å²) in [7, 11) is 0. The van der Waals surface area contributed by atoms with E-state index >= 15 is 0 Å². The monoisotopic (exact) mass is 1150 g/mol. The molecule has 0 aromatic heterocycles. The number of hydrogen-bond acceptors (Lipinski definition) is 0. The molecule has 0 aromatic carbocycles. The van der Waals surface area contributed by atoms with Crippen LogP contribution in [0.3, 0.4) is 0 Å². The van der Waals surface area contributed by atoms with Gasteiger partial charge in [-0.2, -0.15) is 0 Å². The zero-order valence-corrected chi connectivity index (χ0v) is 144. The number of hydrogen-bond donors (Lipinski definition) is 0. The minimum Gasteiger partial charge on any atom is -1.00 e. The SMILES string of the molecule is [H-].[H-].[H-].[H-].[H-].[H-].[H-].[H-].[H-].[H-].[H-].[H-].[H-].[H-].[H-].[H-].[H-].[H-].[H-].[H-].[H-].[H-].[H-].[H-].[H-].[H-].[H-].[H-].[H-].[H-].[H-].[H-].[H-].[H-].[H-].[H-].[H-].[H-].[H-].[H-].[H-].[H-].[H-].[H-].[H-].[H-].[H-].[H-].[Na+].[Na+].[Na+].[Na+].[Na+].[Na+].[Na+].[Na+].[Na+].[Na+].[Na+].[Na+].[Na+].[Na+].[Na+].[Na+].[Na+].[Na+].[Na+].[Na+].[Na+].[Na+].[Na+].[Na+].[Na+].[Na+].[Na+].[Na+].[Na+].[Na+].[Na+].[Na+].[Na+].[Na+].[Na+].[Na+].[Na+].[Na+].[Na+].[Na+].[Na+].[Na+].[Na+].[Na+].[Na+].[Na+].[Na+].[Na+]. The Morgan fingerprint density at radius 2 is 0.0417 bits per heavy atom. The van der Waals surface area contributed by atoms with E-state index in [-0.39, 0.29) is 1490 Å². The van der Waals surface area contributed by atoms with Crippen LogP contribution in [0.2, 0.25) is 0 Å². The molecule has 0 nitrogen and oxygen atoms in total. The van der Waals surface area contributed by atoms with Crippen LogP contribution in [0, 0.1) is 0 Å². The summed E-state index contributed by atoms with van der Waals surface area (Å²) >= 11 is 0. The van der Waals surface area contributed by atoms with E-state index in [0.717, 1.165) is 0 Å². The van der Waals surface area contributed by atoms with Gasteiger partial charge in [-0.05, 0) is 0 Å². The first-order valence-electron chi connectivity index (χ1n) is 0. The second kappa shape index (κ2) is 364. The van der Waals surface area contributed by atoms with E-state index in [1.54, 1.807) is 0 Å². The van der Waals surface area contributed by atoms with Crippen LogP contribution in [-0.2, 0) is 0 Å². The molecular formula is H48Na48. The second-order valence-corrected chi connectivity index (χ2v) is 0. The zero-order chi connectivity index (χ0) is 0. The standard InChI is InChI=1S/48Na.48H/q48*+1;48*-1. The molecule has 0 aliphatic heterocycles. The molecule has 0 radical (unpaired) electrons. The Labute approximate surface area is 1440 Å². The fraction of sp³-hybridized carbons (Fsp3) is 0. The van der Waals surface area contributed by atoms with E-state index < -0.39 is 0 Å². The minimum absolute atomic E-state index is 0. The van der Waals surface area contributed by atoms with Crippen molar-refractivity contribution in [2.75, 3.05) is 0 Å². The molecule has 0 saturated heterocycles. The van der Waals surface area contributed by atoms with Crippen molar-refractivity contribution in [3.05, 3.63) is 0 Å². The molecule has 48 heteroatoms. The van der Waals surface area contributed by atoms with E-state index in [1.165, 1.54) is 0 Å². The summed E-state index contributed by atoms with van der Waals surface area (Å²) < 4.78 is 0. The summed E-state index contributed by atoms with van der Waals surface area (Å²) in [4.78, 5) is 0. The Hall–Kier alpha value is 48.0. The van der Waals surface area contributed by atoms with Gasteiger partial charge >= 0.3 is 1420 Å². The summed E-state index contributed by atoms with van der Waals surface area (Å²) in [5.74, 6) is 0. The van der Waals surface area contributed by atoms with E-state index in [2.05, 4.69) is 0 Å². The maximum Gasteiger partial charge on any atom is 1.00 e. The maximum atomic E-state index is 0. The predicted octanol–water partition coefficient (Wildman–Crippen LogP) is -138. The van der Waals surface area contributed by atoms with Crippen molar-refractivity contribution in [3.8, 4) is 0 Å². The van der Waals surface area contributed by atoms with Gasteiger partial charge in [-0.25, -0.2) is 0 Å². The van der Waals surface area contributed by atoms with Crippen LogP contribution in [0.1, 0.15) is 68.5 Å². The Kier molecular flexibility index (Phi) is 2850. The molecule has 48 heavy (non-hydrogen) atoms. The summed E-state index contributed by atoms with van der Waals surface area (Å²) in [6.07, 6.45) is 0. The van der Waals surface area contributed by atoms with Crippen LogP contribution in [0.25, 0.3) is 0 Å². The Balaban J connectivity index is 0. The Morgan fingerprint density at radius 3 is 0.0417 bits per heavy atom. The van der Waals surface area contributed by atoms with Crippen molar-refractivity contribution in [1.82, 2.24) is 0 Å². The van der Waals surface area contributed by atoms with Gasteiger partial charge in [0.25, 0.3) is 0 Å². The van der Waals surface area contributed by atoms with Gasteiger partial charge in [0.05, 0.1) is 0 Å². The Morgan fingerprint density at radius 1 is 0.0417 bits per heavy atom. The fourth-order valence-corrected chi connectivity index (χ4v) is 0. The van der Waals surface area contributed by atoms with Crippen LogP contribution in [0.5, 0.6) is 0 Å². The smallest absolute Gasteiger partial charge is 1.00 e. The van der Waals surface area contributed by atoms with Gasteiger partial charge in [0, 0.05) is 0 Å². The second-order valence-electron chi connectivity index (χ2n) is 0. The van der Waals surface area contributed by atoms with E-state index in [1.807, 2.05) is 0 Å². The van der Waals surface area contributed by atoms with Gasteiger partial charge in [0.15, 0.2) is 0 Å². The molecule has 0 saturated carbocycles. The first-order chi connectivity index (χ1) is 0. The molecule has 0 amide bonds. The fourth-order valence-electron chi connectivity index (χ4n) is 0. The molecule has 0 fully saturated rings. The zero-order valence-electron chi connectivity index (χ0n) is 96.0. The molecule has 0 bridgehead atoms. The first kappa shape index (κ1) is 376. The van der Waals surface area contributed by atoms with Gasteiger partial charge in [-0.15, -0.1) is 0 Å². The summed E-state index contributed by atoms with van der Waals surface area (Å²) in [5, 5.41) is 0. The molecule has 0 heterocycles. The number of rotatable bonds is 0. The van der Waals surface area contributed by atoms with Crippen molar-refractivity contribution in [2.45, 2.75) is 0 Å². The van der Waals surface area contributed by atoms with Crippen molar-refractivity contribution >= 4 is 0 Å². The Bertz CT molecular complexity index is 96.0. The van der Waals surface area contributed by atoms with E-state index in [4.69, 9.17) is 0 Å². The third kappa shape index (κ3) is 353. The third-order valence-corrected chi connectivity index (χ3v) is 0. The largest absolute Gasteiger partial charge is 1.00 e. The molecule has 0 aliphatic rings. The third-order valence-electron chi connectivity index (χ3n) is 0. The molecule has 0 aliphatic carbocycles. The quantitative estimate of drug-likeness (QED) is 0.212. The summed E-state index contributed by atoms with van der Waals surface area (Å²) in [5.41, 5.74) is 0. The van der Waals surface area contributed by atoms with Crippen molar-refractivity contribution < 1.29 is 1490 Å². The van der Waals surface area contributed by atoms with Crippen LogP contribution in [0.4, 0.5) is 0 Å². The molecule has 0 spiro atoms. The molecule has 96 valence electrons. The predicted molar refractivity (Wildman–Crippen MR) is 53.4 cm³/mol. The minimum atomic E-state index is 0. The average molecular weight is 1150 g/mol. The average Bonchev–Trinajstić information content (AvgIpc) is 0. The van der Waals surface area contributed by atoms with Crippen LogP contribution < -0.4 is 1420 Å². The van der Waals surface area contributed by atoms with Gasteiger partial charge in [0.2, 0.25) is 0 Å². The van der Waals surface area contributed by atoms with Gasteiger partial charge in [0.1, 0.15) is 0 Å². The first-order valence-corrected chi connectivity index (χ1v) is 0. The molecule has 0 N–H and O–H groups in total. The summed E-state index contributed by atoms with van der Waals surface area (Å²) in [6, 6.07) is 0.